The lowest BCUT2D eigenvalue weighted by Crippen LogP contribution is -2.35. The highest BCUT2D eigenvalue weighted by Crippen LogP contribution is 2.47. The van der Waals surface area contributed by atoms with Gasteiger partial charge in [-0.15, -0.1) is 0 Å². The molecule has 3 aromatic carbocycles. The van der Waals surface area contributed by atoms with Gasteiger partial charge < -0.3 is 25.8 Å². The second kappa shape index (κ2) is 9.77. The number of amides is 3. The van der Waals surface area contributed by atoms with Crippen LogP contribution in [0.1, 0.15) is 23.2 Å². The summed E-state index contributed by atoms with van der Waals surface area (Å²) in [7, 11) is 1.43. The molecule has 1 heterocycles. The number of nitrogens with one attached hydrogen (secondary N) is 2. The third-order valence-electron chi connectivity index (χ3n) is 6.23. The van der Waals surface area contributed by atoms with E-state index >= 15 is 0 Å². The highest BCUT2D eigenvalue weighted by molar-refractivity contribution is 6.16. The smallest absolute Gasteiger partial charge is 0.252 e. The van der Waals surface area contributed by atoms with E-state index in [2.05, 4.69) is 20.6 Å². The molecule has 10 nitrogen and oxygen atoms in total. The van der Waals surface area contributed by atoms with Gasteiger partial charge in [0.15, 0.2) is 0 Å². The van der Waals surface area contributed by atoms with Crippen LogP contribution in [0.3, 0.4) is 0 Å². The summed E-state index contributed by atoms with van der Waals surface area (Å²) in [6.07, 6.45) is 2.14. The molecule has 0 radical (unpaired) electrons. The second-order valence-electron chi connectivity index (χ2n) is 8.74. The number of hydrogen-bond donors (Lipinski definition) is 3. The highest BCUT2D eigenvalue weighted by atomic mass is 19.1. The Morgan fingerprint density at radius 1 is 0.921 bits per heavy atom. The zero-order chi connectivity index (χ0) is 26.9. The van der Waals surface area contributed by atoms with E-state index in [1.54, 1.807) is 30.3 Å². The number of benzene rings is 3. The minimum Gasteiger partial charge on any atom is -0.496 e. The van der Waals surface area contributed by atoms with Crippen molar-refractivity contribution in [2.24, 2.45) is 11.1 Å². The van der Waals surface area contributed by atoms with Gasteiger partial charge in [-0.1, -0.05) is 0 Å². The summed E-state index contributed by atoms with van der Waals surface area (Å²) in [5, 5.41) is 5.90. The molecule has 0 aliphatic heterocycles. The lowest BCUT2D eigenvalue weighted by molar-refractivity contribution is -0.131. The fraction of sp³-hybridized carbons (Fsp3) is 0.148. The summed E-state index contributed by atoms with van der Waals surface area (Å²) < 4.78 is 24.2. The predicted octanol–water partition coefficient (Wildman–Crippen LogP) is 4.03. The van der Waals surface area contributed by atoms with Gasteiger partial charge in [0, 0.05) is 17.4 Å². The number of primary amides is 1. The van der Waals surface area contributed by atoms with Crippen LogP contribution in [0.5, 0.6) is 17.4 Å². The third kappa shape index (κ3) is 4.81. The van der Waals surface area contributed by atoms with Crippen LogP contribution in [0.2, 0.25) is 0 Å². The fourth-order valence-corrected chi connectivity index (χ4v) is 3.94. The summed E-state index contributed by atoms with van der Waals surface area (Å²) in [5.74, 6) is -1.06. The number of aromatic nitrogens is 2. The minimum absolute atomic E-state index is 0.162. The van der Waals surface area contributed by atoms with Crippen molar-refractivity contribution in [3.63, 3.8) is 0 Å². The number of hydrogen-bond acceptors (Lipinski definition) is 7. The van der Waals surface area contributed by atoms with Crippen LogP contribution in [0.4, 0.5) is 15.8 Å². The van der Waals surface area contributed by atoms with Gasteiger partial charge in [0.1, 0.15) is 29.1 Å². The van der Waals surface area contributed by atoms with Crippen LogP contribution in [0.25, 0.3) is 10.9 Å². The maximum absolute atomic E-state index is 13.1. The molecule has 192 valence electrons. The molecule has 38 heavy (non-hydrogen) atoms. The summed E-state index contributed by atoms with van der Waals surface area (Å²) in [6.45, 7) is 0. The maximum Gasteiger partial charge on any atom is 0.252 e. The monoisotopic (exact) mass is 515 g/mol. The van der Waals surface area contributed by atoms with Crippen molar-refractivity contribution in [3.05, 3.63) is 78.4 Å². The zero-order valence-corrected chi connectivity index (χ0v) is 20.2. The molecular weight excluding hydrogens is 493 g/mol. The number of fused-ring (bicyclic) bond motifs is 1. The van der Waals surface area contributed by atoms with Crippen LogP contribution < -0.4 is 25.8 Å². The Morgan fingerprint density at radius 2 is 1.53 bits per heavy atom. The number of carbonyl (C=O) groups is 3. The van der Waals surface area contributed by atoms with Gasteiger partial charge in [0.25, 0.3) is 5.91 Å². The Labute approximate surface area is 216 Å². The van der Waals surface area contributed by atoms with Crippen LogP contribution in [-0.2, 0) is 9.59 Å². The molecule has 3 amide bonds. The van der Waals surface area contributed by atoms with Crippen LogP contribution >= 0.6 is 0 Å². The summed E-state index contributed by atoms with van der Waals surface area (Å²) in [6, 6.07) is 14.9. The fourth-order valence-electron chi connectivity index (χ4n) is 3.94. The van der Waals surface area contributed by atoms with E-state index in [1.807, 2.05) is 0 Å². The molecule has 1 saturated carbocycles. The molecule has 0 spiro atoms. The van der Waals surface area contributed by atoms with Gasteiger partial charge in [-0.3, -0.25) is 14.4 Å². The van der Waals surface area contributed by atoms with Gasteiger partial charge in [0.2, 0.25) is 17.7 Å². The molecule has 1 aromatic heterocycles. The highest BCUT2D eigenvalue weighted by Gasteiger charge is 2.56. The van der Waals surface area contributed by atoms with Crippen LogP contribution in [0, 0.1) is 11.2 Å². The first-order valence-corrected chi connectivity index (χ1v) is 11.6. The number of nitrogens with two attached hydrogens (primary N) is 1. The van der Waals surface area contributed by atoms with E-state index < -0.39 is 29.0 Å². The van der Waals surface area contributed by atoms with Crippen molar-refractivity contribution in [1.29, 1.82) is 0 Å². The van der Waals surface area contributed by atoms with Gasteiger partial charge in [-0.05, 0) is 67.4 Å². The summed E-state index contributed by atoms with van der Waals surface area (Å²) in [5.41, 5.74) is 5.82. The van der Waals surface area contributed by atoms with Crippen molar-refractivity contribution in [2.75, 3.05) is 17.7 Å². The van der Waals surface area contributed by atoms with E-state index in [-0.39, 0.29) is 17.2 Å². The Morgan fingerprint density at radius 3 is 2.08 bits per heavy atom. The Bertz CT molecular complexity index is 1550. The van der Waals surface area contributed by atoms with Gasteiger partial charge in [0.05, 0.1) is 23.6 Å². The number of anilines is 2. The van der Waals surface area contributed by atoms with Crippen LogP contribution in [-0.4, -0.2) is 34.8 Å². The van der Waals surface area contributed by atoms with E-state index in [0.29, 0.717) is 40.9 Å². The largest absolute Gasteiger partial charge is 0.496 e. The Balaban J connectivity index is 1.28. The normalized spacial score (nSPS) is 13.4. The molecule has 4 N–H and O–H groups in total. The first-order chi connectivity index (χ1) is 18.3. The molecule has 0 unspecified atom stereocenters. The van der Waals surface area contributed by atoms with Gasteiger partial charge in [-0.25, -0.2) is 14.4 Å². The van der Waals surface area contributed by atoms with Crippen LogP contribution in [0.15, 0.2) is 67.0 Å². The summed E-state index contributed by atoms with van der Waals surface area (Å²) >= 11 is 0. The number of nitrogens with zero attached hydrogens (tertiary/aromatic N) is 2. The average Bonchev–Trinajstić information content (AvgIpc) is 3.73. The SMILES string of the molecule is COc1cc2ncnc(Oc3ccc(NC(=O)C4(C(=O)Nc5ccc(F)cc5)CC4)cc3)c2cc1C(N)=O. The molecular formula is C27H22FN5O5. The van der Waals surface area contributed by atoms with E-state index in [4.69, 9.17) is 15.2 Å². The molecule has 1 fully saturated rings. The number of methoxy groups -OCH3 is 1. The molecule has 1 aliphatic rings. The number of rotatable bonds is 8. The first kappa shape index (κ1) is 24.6. The lowest BCUT2D eigenvalue weighted by atomic mass is 10.0. The third-order valence-corrected chi connectivity index (χ3v) is 6.23. The number of halogens is 1. The quantitative estimate of drug-likeness (QED) is 0.300. The average molecular weight is 516 g/mol. The lowest BCUT2D eigenvalue weighted by Gasteiger charge is -2.16. The van der Waals surface area contributed by atoms with Gasteiger partial charge in [-0.2, -0.15) is 0 Å². The van der Waals surface area contributed by atoms with E-state index in [9.17, 15) is 18.8 Å². The van der Waals surface area contributed by atoms with E-state index in [0.717, 1.165) is 0 Å². The first-order valence-electron chi connectivity index (χ1n) is 11.6. The molecule has 4 aromatic rings. The summed E-state index contributed by atoms with van der Waals surface area (Å²) in [4.78, 5) is 45.9. The van der Waals surface area contributed by atoms with Crippen molar-refractivity contribution in [1.82, 2.24) is 9.97 Å². The predicted molar refractivity (Wildman–Crippen MR) is 136 cm³/mol. The molecule has 0 saturated heterocycles. The minimum atomic E-state index is -1.18. The molecule has 5 rings (SSSR count). The van der Waals surface area contributed by atoms with Crippen molar-refractivity contribution < 1.29 is 28.2 Å². The van der Waals surface area contributed by atoms with Crippen molar-refractivity contribution in [3.8, 4) is 17.4 Å². The topological polar surface area (TPSA) is 146 Å². The zero-order valence-electron chi connectivity index (χ0n) is 20.2. The Kier molecular flexibility index (Phi) is 6.33. The van der Waals surface area contributed by atoms with Crippen molar-refractivity contribution >= 4 is 40.0 Å². The number of carbonyl (C=O) groups excluding carboxylic acids is 3. The van der Waals surface area contributed by atoms with E-state index in [1.165, 1.54) is 43.8 Å². The molecule has 0 bridgehead atoms. The number of ether oxygens (including phenoxy) is 2. The maximum atomic E-state index is 13.1. The van der Waals surface area contributed by atoms with Crippen molar-refractivity contribution in [2.45, 2.75) is 12.8 Å². The molecule has 1 aliphatic carbocycles. The standard InChI is InChI=1S/C27H22FN5O5/c1-37-22-13-21-19(12-20(22)23(29)34)24(31-14-30-21)38-18-8-6-17(7-9-18)33-26(36)27(10-11-27)25(35)32-16-4-2-15(28)3-5-16/h2-9,12-14H,10-11H2,1H3,(H2,29,34)(H,32,35)(H,33,36). The second-order valence-corrected chi connectivity index (χ2v) is 8.74. The van der Waals surface area contributed by atoms with Gasteiger partial charge >= 0.3 is 0 Å². The Hall–Kier alpha value is -5.06. The molecule has 11 heteroatoms. The molecule has 0 atom stereocenters.